The van der Waals surface area contributed by atoms with Crippen molar-refractivity contribution in [3.8, 4) is 5.75 Å². The largest absolute Gasteiger partial charge is 0.435 e. The van der Waals surface area contributed by atoms with Crippen LogP contribution in [-0.4, -0.2) is 17.5 Å². The van der Waals surface area contributed by atoms with E-state index in [9.17, 15) is 13.6 Å². The van der Waals surface area contributed by atoms with Crippen molar-refractivity contribution in [2.75, 3.05) is 5.32 Å². The van der Waals surface area contributed by atoms with Crippen molar-refractivity contribution in [1.29, 1.82) is 0 Å². The standard InChI is InChI=1S/C14H11ClF2N2O2/c1-8-6-9(7-12(15)18-8)13(20)19-10-2-4-11(5-3-10)21-14(16)17/h2-7,14H,1H3,(H,19,20). The minimum atomic E-state index is -2.88. The number of aryl methyl sites for hydroxylation is 1. The fraction of sp³-hybridized carbons (Fsp3) is 0.143. The first-order valence-electron chi connectivity index (χ1n) is 5.94. The van der Waals surface area contributed by atoms with Gasteiger partial charge in [0.25, 0.3) is 5.91 Å². The Kier molecular flexibility index (Phi) is 4.70. The number of nitrogens with zero attached hydrogens (tertiary/aromatic N) is 1. The van der Waals surface area contributed by atoms with Crippen LogP contribution in [0.5, 0.6) is 5.75 Å². The van der Waals surface area contributed by atoms with Crippen LogP contribution in [0.1, 0.15) is 16.1 Å². The predicted octanol–water partition coefficient (Wildman–Crippen LogP) is 3.90. The minimum Gasteiger partial charge on any atom is -0.435 e. The van der Waals surface area contributed by atoms with Crippen molar-refractivity contribution in [1.82, 2.24) is 4.98 Å². The molecule has 0 fully saturated rings. The van der Waals surface area contributed by atoms with Gasteiger partial charge in [-0.3, -0.25) is 4.79 Å². The molecule has 0 unspecified atom stereocenters. The molecular weight excluding hydrogens is 302 g/mol. The first-order chi connectivity index (χ1) is 9.94. The molecule has 110 valence electrons. The first kappa shape index (κ1) is 15.2. The van der Waals surface area contributed by atoms with Crippen LogP contribution in [0.15, 0.2) is 36.4 Å². The lowest BCUT2D eigenvalue weighted by Crippen LogP contribution is -2.12. The van der Waals surface area contributed by atoms with Gasteiger partial charge in [-0.2, -0.15) is 8.78 Å². The van der Waals surface area contributed by atoms with Crippen molar-refractivity contribution in [3.63, 3.8) is 0 Å². The van der Waals surface area contributed by atoms with Gasteiger partial charge in [-0.1, -0.05) is 11.6 Å². The Labute approximate surface area is 124 Å². The van der Waals surface area contributed by atoms with E-state index in [0.29, 0.717) is 16.9 Å². The number of nitrogens with one attached hydrogen (secondary N) is 1. The van der Waals surface area contributed by atoms with Gasteiger partial charge in [-0.05, 0) is 43.3 Å². The molecule has 1 aromatic carbocycles. The summed E-state index contributed by atoms with van der Waals surface area (Å²) >= 11 is 5.79. The number of alkyl halides is 2. The van der Waals surface area contributed by atoms with Crippen LogP contribution in [0.3, 0.4) is 0 Å². The van der Waals surface area contributed by atoms with Crippen molar-refractivity contribution >= 4 is 23.2 Å². The molecule has 21 heavy (non-hydrogen) atoms. The Morgan fingerprint density at radius 1 is 1.29 bits per heavy atom. The average Bonchev–Trinajstić information content (AvgIpc) is 2.39. The number of carbonyl (C=O) groups is 1. The van der Waals surface area contributed by atoms with Crippen molar-refractivity contribution in [2.45, 2.75) is 13.5 Å². The van der Waals surface area contributed by atoms with E-state index in [2.05, 4.69) is 15.0 Å². The second-order valence-corrected chi connectivity index (χ2v) is 4.56. The maximum atomic E-state index is 12.0. The number of ether oxygens (including phenoxy) is 1. The number of amides is 1. The normalized spacial score (nSPS) is 10.5. The zero-order valence-corrected chi connectivity index (χ0v) is 11.7. The highest BCUT2D eigenvalue weighted by molar-refractivity contribution is 6.29. The second-order valence-electron chi connectivity index (χ2n) is 4.18. The van der Waals surface area contributed by atoms with E-state index in [1.807, 2.05) is 0 Å². The van der Waals surface area contributed by atoms with Crippen LogP contribution < -0.4 is 10.1 Å². The molecule has 2 rings (SSSR count). The lowest BCUT2D eigenvalue weighted by Gasteiger charge is -2.08. The Morgan fingerprint density at radius 2 is 1.95 bits per heavy atom. The van der Waals surface area contributed by atoms with Gasteiger partial charge in [0, 0.05) is 16.9 Å². The van der Waals surface area contributed by atoms with E-state index < -0.39 is 6.61 Å². The van der Waals surface area contributed by atoms with E-state index in [-0.39, 0.29) is 16.8 Å². The number of halogens is 3. The lowest BCUT2D eigenvalue weighted by molar-refractivity contribution is -0.0498. The molecule has 0 saturated carbocycles. The Balaban J connectivity index is 2.08. The molecule has 1 N–H and O–H groups in total. The summed E-state index contributed by atoms with van der Waals surface area (Å²) in [5.41, 5.74) is 1.43. The molecule has 0 aliphatic rings. The highest BCUT2D eigenvalue weighted by Crippen LogP contribution is 2.19. The molecule has 2 aromatic rings. The van der Waals surface area contributed by atoms with Crippen LogP contribution >= 0.6 is 11.6 Å². The molecule has 0 saturated heterocycles. The summed E-state index contributed by atoms with van der Waals surface area (Å²) in [5.74, 6) is -0.351. The number of hydrogen-bond donors (Lipinski definition) is 1. The molecule has 0 aliphatic carbocycles. The maximum absolute atomic E-state index is 12.0. The van der Waals surface area contributed by atoms with E-state index >= 15 is 0 Å². The summed E-state index contributed by atoms with van der Waals surface area (Å²) in [7, 11) is 0. The van der Waals surface area contributed by atoms with E-state index in [4.69, 9.17) is 11.6 Å². The third-order valence-corrected chi connectivity index (χ3v) is 2.72. The Hall–Kier alpha value is -2.21. The molecule has 0 aliphatic heterocycles. The molecule has 0 radical (unpaired) electrons. The third kappa shape index (κ3) is 4.39. The van der Waals surface area contributed by atoms with Gasteiger partial charge in [0.05, 0.1) is 0 Å². The van der Waals surface area contributed by atoms with E-state index in [0.717, 1.165) is 0 Å². The first-order valence-corrected chi connectivity index (χ1v) is 6.32. The fourth-order valence-electron chi connectivity index (χ4n) is 1.68. The second kappa shape index (κ2) is 6.49. The predicted molar refractivity (Wildman–Crippen MR) is 75.0 cm³/mol. The molecule has 0 spiro atoms. The Bertz CT molecular complexity index is 628. The van der Waals surface area contributed by atoms with Crippen LogP contribution in [0.2, 0.25) is 5.15 Å². The monoisotopic (exact) mass is 312 g/mol. The third-order valence-electron chi connectivity index (χ3n) is 2.52. The van der Waals surface area contributed by atoms with Gasteiger partial charge in [0.2, 0.25) is 0 Å². The number of pyridine rings is 1. The number of rotatable bonds is 4. The number of hydrogen-bond acceptors (Lipinski definition) is 3. The lowest BCUT2D eigenvalue weighted by atomic mass is 10.2. The highest BCUT2D eigenvalue weighted by atomic mass is 35.5. The summed E-state index contributed by atoms with van der Waals surface area (Å²) in [5, 5.41) is 2.85. The van der Waals surface area contributed by atoms with Crippen LogP contribution in [0.25, 0.3) is 0 Å². The molecule has 1 amide bonds. The van der Waals surface area contributed by atoms with Crippen LogP contribution in [-0.2, 0) is 0 Å². The topological polar surface area (TPSA) is 51.2 Å². The van der Waals surface area contributed by atoms with Crippen LogP contribution in [0, 0.1) is 6.92 Å². The zero-order valence-electron chi connectivity index (χ0n) is 10.9. The molecule has 1 heterocycles. The van der Waals surface area contributed by atoms with Gasteiger partial charge in [0.1, 0.15) is 10.9 Å². The van der Waals surface area contributed by atoms with Crippen LogP contribution in [0.4, 0.5) is 14.5 Å². The number of carbonyl (C=O) groups excluding carboxylic acids is 1. The summed E-state index contributed by atoms with van der Waals surface area (Å²) in [6, 6.07) is 8.64. The average molecular weight is 313 g/mol. The van der Waals surface area contributed by atoms with Gasteiger partial charge in [-0.25, -0.2) is 4.98 Å². The summed E-state index contributed by atoms with van der Waals surface area (Å²) < 4.78 is 28.3. The molecule has 4 nitrogen and oxygen atoms in total. The SMILES string of the molecule is Cc1cc(C(=O)Nc2ccc(OC(F)F)cc2)cc(Cl)n1. The fourth-order valence-corrected chi connectivity index (χ4v) is 1.93. The quantitative estimate of drug-likeness (QED) is 0.871. The molecule has 1 aromatic heterocycles. The number of benzene rings is 1. The number of aromatic nitrogens is 1. The minimum absolute atomic E-state index is 0.0193. The van der Waals surface area contributed by atoms with Crippen molar-refractivity contribution < 1.29 is 18.3 Å². The van der Waals surface area contributed by atoms with E-state index in [1.165, 1.54) is 30.3 Å². The molecule has 7 heteroatoms. The number of anilines is 1. The maximum Gasteiger partial charge on any atom is 0.387 e. The smallest absolute Gasteiger partial charge is 0.387 e. The summed E-state index contributed by atoms with van der Waals surface area (Å²) in [6.45, 7) is -1.16. The van der Waals surface area contributed by atoms with Gasteiger partial charge in [-0.15, -0.1) is 0 Å². The van der Waals surface area contributed by atoms with Gasteiger partial charge < -0.3 is 10.1 Å². The molecule has 0 bridgehead atoms. The Morgan fingerprint density at radius 3 is 2.52 bits per heavy atom. The van der Waals surface area contributed by atoms with Crippen molar-refractivity contribution in [3.05, 3.63) is 52.8 Å². The summed E-state index contributed by atoms with van der Waals surface area (Å²) in [6.07, 6.45) is 0. The van der Waals surface area contributed by atoms with Gasteiger partial charge >= 0.3 is 6.61 Å². The molecular formula is C14H11ClF2N2O2. The highest BCUT2D eigenvalue weighted by Gasteiger charge is 2.09. The van der Waals surface area contributed by atoms with E-state index in [1.54, 1.807) is 13.0 Å². The summed E-state index contributed by atoms with van der Waals surface area (Å²) in [4.78, 5) is 16.0. The van der Waals surface area contributed by atoms with Gasteiger partial charge in [0.15, 0.2) is 0 Å². The zero-order chi connectivity index (χ0) is 15.4. The molecule has 0 atom stereocenters. The van der Waals surface area contributed by atoms with Crippen molar-refractivity contribution in [2.24, 2.45) is 0 Å².